The Kier molecular flexibility index (Phi) is 7.56. The van der Waals surface area contributed by atoms with Crippen LogP contribution in [0.5, 0.6) is 5.75 Å². The highest BCUT2D eigenvalue weighted by Crippen LogP contribution is 2.38. The SMILES string of the molecule is COc1cc(C(F)(F)F)ccc1-c1nnc(N[C@@H]2CCCN(C(=O)OC(C)(C)C)C2)c(C=O)c1C. The maximum absolute atomic E-state index is 13.1. The molecule has 1 amide bonds. The van der Waals surface area contributed by atoms with Crippen LogP contribution < -0.4 is 10.1 Å². The van der Waals surface area contributed by atoms with Gasteiger partial charge in [0.05, 0.1) is 18.2 Å². The molecule has 1 aromatic carbocycles. The molecule has 1 aliphatic heterocycles. The number of carbonyl (C=O) groups is 2. The predicted molar refractivity (Wildman–Crippen MR) is 124 cm³/mol. The molecule has 0 saturated carbocycles. The highest BCUT2D eigenvalue weighted by atomic mass is 19.4. The van der Waals surface area contributed by atoms with Crippen LogP contribution in [-0.2, 0) is 10.9 Å². The van der Waals surface area contributed by atoms with Gasteiger partial charge in [-0.3, -0.25) is 4.79 Å². The molecule has 1 N–H and O–H groups in total. The molecule has 1 aromatic heterocycles. The van der Waals surface area contributed by atoms with Gasteiger partial charge in [0, 0.05) is 24.7 Å². The molecule has 0 spiro atoms. The van der Waals surface area contributed by atoms with Crippen LogP contribution >= 0.6 is 0 Å². The molecular formula is C24H29F3N4O4. The molecule has 35 heavy (non-hydrogen) atoms. The molecular weight excluding hydrogens is 465 g/mol. The second-order valence-electron chi connectivity index (χ2n) is 9.38. The number of amides is 1. The van der Waals surface area contributed by atoms with E-state index in [0.717, 1.165) is 25.0 Å². The summed E-state index contributed by atoms with van der Waals surface area (Å²) in [5.41, 5.74) is -0.276. The van der Waals surface area contributed by atoms with Crippen molar-refractivity contribution in [3.63, 3.8) is 0 Å². The molecule has 1 saturated heterocycles. The van der Waals surface area contributed by atoms with E-state index in [2.05, 4.69) is 15.5 Å². The Morgan fingerprint density at radius 3 is 2.54 bits per heavy atom. The van der Waals surface area contributed by atoms with Crippen LogP contribution in [0.3, 0.4) is 0 Å². The van der Waals surface area contributed by atoms with Crippen molar-refractivity contribution in [2.24, 2.45) is 0 Å². The minimum Gasteiger partial charge on any atom is -0.496 e. The fraction of sp³-hybridized carbons (Fsp3) is 0.500. The van der Waals surface area contributed by atoms with E-state index in [0.29, 0.717) is 24.9 Å². The van der Waals surface area contributed by atoms with E-state index in [1.165, 1.54) is 13.2 Å². The summed E-state index contributed by atoms with van der Waals surface area (Å²) in [6.45, 7) is 7.96. The molecule has 1 fully saturated rings. The molecule has 8 nitrogen and oxygen atoms in total. The van der Waals surface area contributed by atoms with Crippen molar-refractivity contribution in [2.75, 3.05) is 25.5 Å². The normalized spacial score (nSPS) is 16.6. The highest BCUT2D eigenvalue weighted by Gasteiger charge is 2.32. The van der Waals surface area contributed by atoms with E-state index in [1.807, 2.05) is 0 Å². The summed E-state index contributed by atoms with van der Waals surface area (Å²) in [5, 5.41) is 11.5. The van der Waals surface area contributed by atoms with Gasteiger partial charge in [-0.2, -0.15) is 13.2 Å². The molecule has 3 rings (SSSR count). The molecule has 2 aromatic rings. The number of ether oxygens (including phenoxy) is 2. The molecule has 11 heteroatoms. The summed E-state index contributed by atoms with van der Waals surface area (Å²) in [5.74, 6) is 0.207. The third-order valence-corrected chi connectivity index (χ3v) is 5.58. The van der Waals surface area contributed by atoms with Crippen LogP contribution in [0.25, 0.3) is 11.3 Å². The number of halogens is 3. The summed E-state index contributed by atoms with van der Waals surface area (Å²) < 4.78 is 49.9. The van der Waals surface area contributed by atoms with E-state index in [-0.39, 0.29) is 34.4 Å². The van der Waals surface area contributed by atoms with Crippen molar-refractivity contribution in [1.82, 2.24) is 15.1 Å². The number of alkyl halides is 3. The van der Waals surface area contributed by atoms with Crippen molar-refractivity contribution >= 4 is 18.2 Å². The number of likely N-dealkylation sites (tertiary alicyclic amines) is 1. The third kappa shape index (κ3) is 6.20. The zero-order valence-corrected chi connectivity index (χ0v) is 20.3. The Hall–Kier alpha value is -3.37. The van der Waals surface area contributed by atoms with Gasteiger partial charge >= 0.3 is 12.3 Å². The number of aldehydes is 1. The molecule has 1 aliphatic rings. The van der Waals surface area contributed by atoms with Gasteiger partial charge in [-0.05, 0) is 64.3 Å². The molecule has 0 radical (unpaired) electrons. The van der Waals surface area contributed by atoms with Gasteiger partial charge < -0.3 is 19.7 Å². The summed E-state index contributed by atoms with van der Waals surface area (Å²) >= 11 is 0. The third-order valence-electron chi connectivity index (χ3n) is 5.58. The molecule has 190 valence electrons. The summed E-state index contributed by atoms with van der Waals surface area (Å²) in [7, 11) is 1.26. The number of benzene rings is 1. The Morgan fingerprint density at radius 2 is 1.94 bits per heavy atom. The van der Waals surface area contributed by atoms with Gasteiger partial charge in [-0.1, -0.05) is 0 Å². The maximum atomic E-state index is 13.1. The monoisotopic (exact) mass is 494 g/mol. The fourth-order valence-corrected chi connectivity index (χ4v) is 3.88. The average Bonchev–Trinajstić information content (AvgIpc) is 2.77. The first-order valence-electron chi connectivity index (χ1n) is 11.2. The topological polar surface area (TPSA) is 93.7 Å². The first kappa shape index (κ1) is 26.2. The number of hydrogen-bond acceptors (Lipinski definition) is 7. The number of piperidine rings is 1. The van der Waals surface area contributed by atoms with E-state index in [1.54, 1.807) is 32.6 Å². The Bertz CT molecular complexity index is 1100. The average molecular weight is 495 g/mol. The first-order chi connectivity index (χ1) is 16.3. The van der Waals surface area contributed by atoms with E-state index < -0.39 is 23.4 Å². The lowest BCUT2D eigenvalue weighted by Gasteiger charge is -2.34. The summed E-state index contributed by atoms with van der Waals surface area (Å²) in [4.78, 5) is 26.0. The highest BCUT2D eigenvalue weighted by molar-refractivity contribution is 5.88. The number of nitrogens with one attached hydrogen (secondary N) is 1. The molecule has 2 heterocycles. The van der Waals surface area contributed by atoms with E-state index in [4.69, 9.17) is 9.47 Å². The molecule has 0 aliphatic carbocycles. The Balaban J connectivity index is 1.86. The number of methoxy groups -OCH3 is 1. The van der Waals surface area contributed by atoms with Crippen molar-refractivity contribution in [2.45, 2.75) is 58.4 Å². The fourth-order valence-electron chi connectivity index (χ4n) is 3.88. The van der Waals surface area contributed by atoms with Crippen LogP contribution in [0, 0.1) is 6.92 Å². The number of nitrogens with zero attached hydrogens (tertiary/aromatic N) is 3. The Labute approximate surface area is 201 Å². The number of anilines is 1. The number of hydrogen-bond donors (Lipinski definition) is 1. The standard InChI is InChI=1S/C24H29F3N4O4/c1-14-18(13-32)21(28-16-7-6-10-31(12-16)22(33)35-23(2,3)4)30-29-20(14)17-9-8-15(24(25,26)27)11-19(17)34-5/h8-9,11,13,16H,6-7,10,12H2,1-5H3,(H,28,30)/t16-/m1/s1. The van der Waals surface area contributed by atoms with Crippen molar-refractivity contribution < 1.29 is 32.2 Å². The first-order valence-corrected chi connectivity index (χ1v) is 11.2. The van der Waals surface area contributed by atoms with Crippen LogP contribution in [-0.4, -0.2) is 59.3 Å². The molecule has 0 unspecified atom stereocenters. The van der Waals surface area contributed by atoms with Gasteiger partial charge in [-0.25, -0.2) is 4.79 Å². The quantitative estimate of drug-likeness (QED) is 0.578. The van der Waals surface area contributed by atoms with Gasteiger partial charge in [0.15, 0.2) is 12.1 Å². The van der Waals surface area contributed by atoms with Gasteiger partial charge in [-0.15, -0.1) is 10.2 Å². The van der Waals surface area contributed by atoms with Crippen molar-refractivity contribution in [3.8, 4) is 17.0 Å². The lowest BCUT2D eigenvalue weighted by atomic mass is 10.0. The second kappa shape index (κ2) is 10.1. The maximum Gasteiger partial charge on any atom is 0.416 e. The minimum atomic E-state index is -4.53. The van der Waals surface area contributed by atoms with Gasteiger partial charge in [0.2, 0.25) is 0 Å². The zero-order valence-electron chi connectivity index (χ0n) is 20.3. The predicted octanol–water partition coefficient (Wildman–Crippen LogP) is 5.10. The largest absolute Gasteiger partial charge is 0.496 e. The van der Waals surface area contributed by atoms with Crippen LogP contribution in [0.4, 0.5) is 23.8 Å². The van der Waals surface area contributed by atoms with Crippen LogP contribution in [0.1, 0.15) is 55.1 Å². The Morgan fingerprint density at radius 1 is 1.23 bits per heavy atom. The van der Waals surface area contributed by atoms with Crippen LogP contribution in [0.2, 0.25) is 0 Å². The lowest BCUT2D eigenvalue weighted by Crippen LogP contribution is -2.47. The van der Waals surface area contributed by atoms with Gasteiger partial charge in [0.1, 0.15) is 17.0 Å². The number of aromatic nitrogens is 2. The van der Waals surface area contributed by atoms with E-state index >= 15 is 0 Å². The van der Waals surface area contributed by atoms with Crippen LogP contribution in [0.15, 0.2) is 18.2 Å². The zero-order chi connectivity index (χ0) is 26.0. The summed E-state index contributed by atoms with van der Waals surface area (Å²) in [6.07, 6.45) is -2.83. The smallest absolute Gasteiger partial charge is 0.416 e. The minimum absolute atomic E-state index is 0.0323. The number of rotatable bonds is 5. The van der Waals surface area contributed by atoms with Gasteiger partial charge in [0.25, 0.3) is 0 Å². The molecule has 1 atom stereocenters. The lowest BCUT2D eigenvalue weighted by molar-refractivity contribution is -0.137. The summed E-state index contributed by atoms with van der Waals surface area (Å²) in [6, 6.07) is 2.88. The van der Waals surface area contributed by atoms with E-state index in [9.17, 15) is 22.8 Å². The van der Waals surface area contributed by atoms with Crippen molar-refractivity contribution in [3.05, 3.63) is 34.9 Å². The second-order valence-corrected chi connectivity index (χ2v) is 9.38. The van der Waals surface area contributed by atoms with Crippen molar-refractivity contribution in [1.29, 1.82) is 0 Å². The number of carbonyl (C=O) groups excluding carboxylic acids is 2. The molecule has 0 bridgehead atoms.